The van der Waals surface area contributed by atoms with Crippen molar-refractivity contribution in [2.45, 2.75) is 97.9 Å². The third-order valence-electron chi connectivity index (χ3n) is 5.67. The van der Waals surface area contributed by atoms with Gasteiger partial charge in [0, 0.05) is 26.3 Å². The summed E-state index contributed by atoms with van der Waals surface area (Å²) in [6, 6.07) is 0. The summed E-state index contributed by atoms with van der Waals surface area (Å²) in [6.07, 6.45) is 6.56. The van der Waals surface area contributed by atoms with Gasteiger partial charge < -0.3 is 19.3 Å². The largest absolute Gasteiger partial charge is 0.478 e. The first-order valence-corrected chi connectivity index (χ1v) is 11.0. The number of carbonyl (C=O) groups excluding carboxylic acids is 2. The number of ether oxygens (including phenoxy) is 3. The monoisotopic (exact) mass is 438 g/mol. The maximum atomic E-state index is 11.6. The van der Waals surface area contributed by atoms with Crippen LogP contribution in [0.1, 0.15) is 80.1 Å². The number of hydrogen-bond acceptors (Lipinski definition) is 6. The van der Waals surface area contributed by atoms with Crippen LogP contribution in [-0.2, 0) is 28.6 Å². The van der Waals surface area contributed by atoms with E-state index in [0.717, 1.165) is 12.8 Å². The Balaban J connectivity index is 2.82. The van der Waals surface area contributed by atoms with Crippen LogP contribution in [0, 0.1) is 5.92 Å². The molecule has 31 heavy (non-hydrogen) atoms. The van der Waals surface area contributed by atoms with Crippen molar-refractivity contribution in [1.29, 1.82) is 0 Å². The summed E-state index contributed by atoms with van der Waals surface area (Å²) in [5, 5.41) is 9.04. The number of hydrogen-bond donors (Lipinski definition) is 1. The molecule has 3 unspecified atom stereocenters. The number of esters is 2. The van der Waals surface area contributed by atoms with Crippen molar-refractivity contribution < 1.29 is 33.7 Å². The van der Waals surface area contributed by atoms with Crippen LogP contribution in [0.25, 0.3) is 0 Å². The van der Waals surface area contributed by atoms with Gasteiger partial charge in [-0.05, 0) is 57.9 Å². The molecule has 0 aromatic carbocycles. The van der Waals surface area contributed by atoms with Gasteiger partial charge in [-0.3, -0.25) is 9.59 Å². The molecule has 1 N–H and O–H groups in total. The van der Waals surface area contributed by atoms with Crippen molar-refractivity contribution in [3.05, 3.63) is 23.3 Å². The third-order valence-corrected chi connectivity index (χ3v) is 5.67. The molecule has 0 aromatic heterocycles. The van der Waals surface area contributed by atoms with Gasteiger partial charge in [-0.2, -0.15) is 0 Å². The summed E-state index contributed by atoms with van der Waals surface area (Å²) in [6.45, 7) is 11.0. The van der Waals surface area contributed by atoms with Crippen LogP contribution < -0.4 is 0 Å². The highest BCUT2D eigenvalue weighted by Gasteiger charge is 2.39. The highest BCUT2D eigenvalue weighted by atomic mass is 16.6. The summed E-state index contributed by atoms with van der Waals surface area (Å²) in [7, 11) is 0. The van der Waals surface area contributed by atoms with Crippen LogP contribution >= 0.6 is 0 Å². The standard InChI is InChI=1S/C24H38O7/c1-16(2)9-11-21(30-18(4)25)17(3)8-7-13-24(6)22(31-19(5)26)12-10-20(15-29-24)14-23(27)28/h9,14,17,21-22H,7-8,10-13,15H2,1-6H3,(H,27,28)/t17?,21?,22?,24-/m1/s1. The lowest BCUT2D eigenvalue weighted by Gasteiger charge is -2.35. The average Bonchev–Trinajstić information content (AvgIpc) is 2.78. The second-order valence-electron chi connectivity index (χ2n) is 8.91. The smallest absolute Gasteiger partial charge is 0.328 e. The SMILES string of the molecule is CC(=O)OC(CC=C(C)C)C(C)CCC[C@@]1(C)OCC(=CC(=O)O)CCC1OC(C)=O. The zero-order valence-electron chi connectivity index (χ0n) is 19.7. The molecule has 1 aliphatic heterocycles. The number of allylic oxidation sites excluding steroid dienone is 1. The van der Waals surface area contributed by atoms with Crippen molar-refractivity contribution in [2.75, 3.05) is 6.61 Å². The lowest BCUT2D eigenvalue weighted by Crippen LogP contribution is -2.43. The molecule has 0 bridgehead atoms. The van der Waals surface area contributed by atoms with E-state index < -0.39 is 17.7 Å². The van der Waals surface area contributed by atoms with E-state index >= 15 is 0 Å². The first kappa shape index (κ1) is 26.9. The van der Waals surface area contributed by atoms with Gasteiger partial charge in [-0.15, -0.1) is 0 Å². The van der Waals surface area contributed by atoms with Gasteiger partial charge in [0.05, 0.1) is 6.61 Å². The molecule has 1 fully saturated rings. The maximum absolute atomic E-state index is 11.6. The van der Waals surface area contributed by atoms with Crippen LogP contribution in [0.5, 0.6) is 0 Å². The summed E-state index contributed by atoms with van der Waals surface area (Å²) >= 11 is 0. The van der Waals surface area contributed by atoms with Gasteiger partial charge in [0.2, 0.25) is 0 Å². The number of rotatable bonds is 10. The molecule has 0 amide bonds. The first-order valence-electron chi connectivity index (χ1n) is 11.0. The molecule has 0 spiro atoms. The fourth-order valence-corrected chi connectivity index (χ4v) is 3.87. The van der Waals surface area contributed by atoms with E-state index in [1.807, 2.05) is 20.8 Å². The zero-order chi connectivity index (χ0) is 23.6. The Morgan fingerprint density at radius 2 is 1.90 bits per heavy atom. The zero-order valence-corrected chi connectivity index (χ0v) is 19.7. The Kier molecular flexibility index (Phi) is 11.0. The van der Waals surface area contributed by atoms with Crippen molar-refractivity contribution in [3.8, 4) is 0 Å². The predicted octanol–water partition coefficient (Wildman–Crippen LogP) is 4.59. The molecule has 1 saturated heterocycles. The van der Waals surface area contributed by atoms with Crippen LogP contribution in [0.15, 0.2) is 23.3 Å². The number of carboxylic acids is 1. The van der Waals surface area contributed by atoms with Crippen LogP contribution in [0.3, 0.4) is 0 Å². The second kappa shape index (κ2) is 12.6. The molecule has 0 saturated carbocycles. The van der Waals surface area contributed by atoms with Gasteiger partial charge in [-0.25, -0.2) is 4.79 Å². The second-order valence-corrected chi connectivity index (χ2v) is 8.91. The summed E-state index contributed by atoms with van der Waals surface area (Å²) < 4.78 is 17.2. The van der Waals surface area contributed by atoms with Crippen molar-refractivity contribution >= 4 is 17.9 Å². The Hall–Kier alpha value is -2.15. The quantitative estimate of drug-likeness (QED) is 0.302. The van der Waals surface area contributed by atoms with Crippen LogP contribution in [0.2, 0.25) is 0 Å². The lowest BCUT2D eigenvalue weighted by molar-refractivity contribution is -0.167. The predicted molar refractivity (Wildman–Crippen MR) is 117 cm³/mol. The summed E-state index contributed by atoms with van der Waals surface area (Å²) in [5.74, 6) is -1.52. The highest BCUT2D eigenvalue weighted by Crippen LogP contribution is 2.34. The van der Waals surface area contributed by atoms with E-state index in [2.05, 4.69) is 13.0 Å². The normalized spacial score (nSPS) is 24.6. The van der Waals surface area contributed by atoms with E-state index in [4.69, 9.17) is 19.3 Å². The minimum atomic E-state index is -1.01. The van der Waals surface area contributed by atoms with Crippen molar-refractivity contribution in [3.63, 3.8) is 0 Å². The number of carboxylic acid groups (broad SMARTS) is 1. The minimum Gasteiger partial charge on any atom is -0.478 e. The van der Waals surface area contributed by atoms with Crippen molar-refractivity contribution in [1.82, 2.24) is 0 Å². The molecule has 176 valence electrons. The molecular formula is C24H38O7. The maximum Gasteiger partial charge on any atom is 0.328 e. The molecule has 0 aliphatic carbocycles. The Morgan fingerprint density at radius 3 is 2.45 bits per heavy atom. The Labute approximate surface area is 185 Å². The molecular weight excluding hydrogens is 400 g/mol. The highest BCUT2D eigenvalue weighted by molar-refractivity contribution is 5.80. The lowest BCUT2D eigenvalue weighted by atomic mass is 9.86. The molecule has 0 radical (unpaired) electrons. The third kappa shape index (κ3) is 10.1. The molecule has 1 rings (SSSR count). The van der Waals surface area contributed by atoms with Gasteiger partial charge in [0.25, 0.3) is 0 Å². The van der Waals surface area contributed by atoms with Crippen LogP contribution in [0.4, 0.5) is 0 Å². The van der Waals surface area contributed by atoms with E-state index in [1.165, 1.54) is 25.5 Å². The number of carbonyl (C=O) groups is 3. The average molecular weight is 439 g/mol. The minimum absolute atomic E-state index is 0.156. The fourth-order valence-electron chi connectivity index (χ4n) is 3.87. The van der Waals surface area contributed by atoms with E-state index in [-0.39, 0.29) is 30.6 Å². The van der Waals surface area contributed by atoms with Gasteiger partial charge >= 0.3 is 17.9 Å². The Morgan fingerprint density at radius 1 is 1.23 bits per heavy atom. The molecule has 0 aromatic rings. The fraction of sp³-hybridized carbons (Fsp3) is 0.708. The van der Waals surface area contributed by atoms with E-state index in [0.29, 0.717) is 31.3 Å². The van der Waals surface area contributed by atoms with E-state index in [1.54, 1.807) is 0 Å². The molecule has 7 nitrogen and oxygen atoms in total. The molecule has 1 aliphatic rings. The van der Waals surface area contributed by atoms with Crippen LogP contribution in [-0.4, -0.2) is 47.4 Å². The molecule has 4 atom stereocenters. The number of aliphatic carboxylic acids is 1. The molecule has 1 heterocycles. The van der Waals surface area contributed by atoms with Gasteiger partial charge in [0.15, 0.2) is 0 Å². The topological polar surface area (TPSA) is 99.1 Å². The Bertz CT molecular complexity index is 690. The van der Waals surface area contributed by atoms with Crippen molar-refractivity contribution in [2.24, 2.45) is 5.92 Å². The first-order chi connectivity index (χ1) is 14.4. The van der Waals surface area contributed by atoms with E-state index in [9.17, 15) is 14.4 Å². The summed E-state index contributed by atoms with van der Waals surface area (Å²) in [5.41, 5.74) is 1.15. The van der Waals surface area contributed by atoms with Gasteiger partial charge in [0.1, 0.15) is 17.8 Å². The molecule has 7 heteroatoms. The summed E-state index contributed by atoms with van der Waals surface area (Å²) in [4.78, 5) is 34.2. The van der Waals surface area contributed by atoms with Gasteiger partial charge in [-0.1, -0.05) is 25.0 Å².